The van der Waals surface area contributed by atoms with Gasteiger partial charge >= 0.3 is 0 Å². The number of carbonyl (C=O) groups excluding carboxylic acids is 2. The molecule has 0 aliphatic carbocycles. The molecule has 1 fully saturated rings. The number of carbonyl (C=O) groups is 2. The molecule has 0 N–H and O–H groups in total. The van der Waals surface area contributed by atoms with Crippen LogP contribution in [0.5, 0.6) is 0 Å². The summed E-state index contributed by atoms with van der Waals surface area (Å²) in [5.41, 5.74) is 4.69. The van der Waals surface area contributed by atoms with Crippen molar-refractivity contribution in [3.05, 3.63) is 101 Å². The Morgan fingerprint density at radius 2 is 1.54 bits per heavy atom. The molecule has 0 bridgehead atoms. The standard InChI is InChI=1S/C32H39BN2O2/c1-6-27(25-12-14-26(15-13-25)32(3,4)5)28-29(33-20-22(2)24-16-18-34-19-17-24)31(37)35(30(28)36)21-23-10-8-7-9-11-23/h7-19,22,27-29,33H,6,20-21H2,1-5H3. The number of hydrogen-bond donors (Lipinski definition) is 0. The number of aromatic nitrogens is 1. The highest BCUT2D eigenvalue weighted by Crippen LogP contribution is 2.44. The van der Waals surface area contributed by atoms with Crippen LogP contribution in [0.4, 0.5) is 0 Å². The molecule has 4 rings (SSSR count). The number of nitrogens with zero attached hydrogens (tertiary/aromatic N) is 2. The van der Waals surface area contributed by atoms with Gasteiger partial charge in [-0.05, 0) is 58.1 Å². The van der Waals surface area contributed by atoms with Gasteiger partial charge in [0, 0.05) is 18.2 Å². The molecule has 37 heavy (non-hydrogen) atoms. The molecule has 1 aliphatic heterocycles. The number of likely N-dealkylation sites (tertiary alicyclic amines) is 1. The van der Waals surface area contributed by atoms with Gasteiger partial charge in [-0.25, -0.2) is 0 Å². The van der Waals surface area contributed by atoms with Crippen molar-refractivity contribution >= 4 is 19.1 Å². The van der Waals surface area contributed by atoms with E-state index in [1.807, 2.05) is 54.9 Å². The summed E-state index contributed by atoms with van der Waals surface area (Å²) in [6.07, 6.45) is 5.29. The predicted octanol–water partition coefficient (Wildman–Crippen LogP) is 6.50. The highest BCUT2D eigenvalue weighted by Gasteiger charge is 2.50. The molecule has 1 aromatic heterocycles. The summed E-state index contributed by atoms with van der Waals surface area (Å²) in [4.78, 5) is 33.4. The highest BCUT2D eigenvalue weighted by molar-refractivity contribution is 6.47. The molecule has 2 aromatic carbocycles. The summed E-state index contributed by atoms with van der Waals surface area (Å²) in [7, 11) is 0.695. The van der Waals surface area contributed by atoms with Crippen LogP contribution in [0.25, 0.3) is 0 Å². The Morgan fingerprint density at radius 3 is 2.14 bits per heavy atom. The number of imide groups is 1. The quantitative estimate of drug-likeness (QED) is 0.252. The number of amides is 2. The zero-order chi connectivity index (χ0) is 26.6. The van der Waals surface area contributed by atoms with Crippen molar-refractivity contribution in [1.29, 1.82) is 0 Å². The molecule has 2 amide bonds. The molecule has 2 heterocycles. The Bertz CT molecular complexity index is 1190. The van der Waals surface area contributed by atoms with E-state index in [-0.39, 0.29) is 34.9 Å². The van der Waals surface area contributed by atoms with Crippen LogP contribution < -0.4 is 0 Å². The second-order valence-corrected chi connectivity index (χ2v) is 11.5. The number of hydrogen-bond acceptors (Lipinski definition) is 3. The maximum atomic E-state index is 13.9. The fourth-order valence-electron chi connectivity index (χ4n) is 5.71. The van der Waals surface area contributed by atoms with Crippen LogP contribution in [-0.4, -0.2) is 29.0 Å². The Morgan fingerprint density at radius 1 is 0.892 bits per heavy atom. The lowest BCUT2D eigenvalue weighted by molar-refractivity contribution is -0.140. The zero-order valence-corrected chi connectivity index (χ0v) is 22.9. The lowest BCUT2D eigenvalue weighted by atomic mass is 9.53. The van der Waals surface area contributed by atoms with E-state index in [0.717, 1.165) is 23.9 Å². The summed E-state index contributed by atoms with van der Waals surface area (Å²) >= 11 is 0. The number of pyridine rings is 1. The third-order valence-electron chi connectivity index (χ3n) is 8.02. The predicted molar refractivity (Wildman–Crippen MR) is 152 cm³/mol. The normalized spacial score (nSPS) is 19.6. The van der Waals surface area contributed by atoms with Gasteiger partial charge in [-0.15, -0.1) is 0 Å². The molecule has 4 atom stereocenters. The van der Waals surface area contributed by atoms with Gasteiger partial charge in [0.25, 0.3) is 0 Å². The number of benzene rings is 2. The molecule has 0 spiro atoms. The molecule has 1 aliphatic rings. The molecule has 5 heteroatoms. The van der Waals surface area contributed by atoms with E-state index in [4.69, 9.17) is 0 Å². The minimum atomic E-state index is -0.341. The summed E-state index contributed by atoms with van der Waals surface area (Å²) in [5.74, 6) is -0.403. The minimum absolute atomic E-state index is 0.00692. The summed E-state index contributed by atoms with van der Waals surface area (Å²) in [6.45, 7) is 11.3. The largest absolute Gasteiger partial charge is 0.278 e. The first kappa shape index (κ1) is 26.8. The fraction of sp³-hybridized carbons (Fsp3) is 0.406. The molecule has 0 radical (unpaired) electrons. The van der Waals surface area contributed by atoms with Crippen LogP contribution in [0.2, 0.25) is 12.1 Å². The molecular formula is C32H39BN2O2. The average molecular weight is 494 g/mol. The summed E-state index contributed by atoms with van der Waals surface area (Å²) in [6, 6.07) is 22.6. The van der Waals surface area contributed by atoms with Gasteiger partial charge in [0.05, 0.1) is 12.5 Å². The van der Waals surface area contributed by atoms with Crippen LogP contribution in [0.3, 0.4) is 0 Å². The van der Waals surface area contributed by atoms with E-state index in [2.05, 4.69) is 63.9 Å². The second-order valence-electron chi connectivity index (χ2n) is 11.5. The summed E-state index contributed by atoms with van der Waals surface area (Å²) in [5, 5.41) is 0. The maximum Gasteiger partial charge on any atom is 0.233 e. The van der Waals surface area contributed by atoms with Crippen LogP contribution >= 0.6 is 0 Å². The summed E-state index contributed by atoms with van der Waals surface area (Å²) < 4.78 is 0. The van der Waals surface area contributed by atoms with Gasteiger partial charge in [-0.2, -0.15) is 0 Å². The second kappa shape index (κ2) is 11.5. The third-order valence-corrected chi connectivity index (χ3v) is 8.02. The Hall–Kier alpha value is -3.21. The molecule has 3 aromatic rings. The number of rotatable bonds is 9. The van der Waals surface area contributed by atoms with Crippen molar-refractivity contribution < 1.29 is 9.59 Å². The van der Waals surface area contributed by atoms with E-state index in [1.54, 1.807) is 0 Å². The maximum absolute atomic E-state index is 13.9. The van der Waals surface area contributed by atoms with E-state index in [9.17, 15) is 9.59 Å². The Balaban J connectivity index is 1.63. The first-order chi connectivity index (χ1) is 17.7. The monoisotopic (exact) mass is 494 g/mol. The lowest BCUT2D eigenvalue weighted by Crippen LogP contribution is -2.31. The van der Waals surface area contributed by atoms with Gasteiger partial charge in [-0.3, -0.25) is 19.5 Å². The molecule has 0 saturated carbocycles. The van der Waals surface area contributed by atoms with Crippen molar-refractivity contribution in [2.24, 2.45) is 5.92 Å². The Labute approximate surface area is 222 Å². The third kappa shape index (κ3) is 6.03. The molecule has 4 unspecified atom stereocenters. The van der Waals surface area contributed by atoms with Crippen LogP contribution in [-0.2, 0) is 21.5 Å². The van der Waals surface area contributed by atoms with Gasteiger partial charge in [0.2, 0.25) is 11.8 Å². The van der Waals surface area contributed by atoms with Gasteiger partial charge in [0.1, 0.15) is 7.28 Å². The molecular weight excluding hydrogens is 455 g/mol. The van der Waals surface area contributed by atoms with Crippen molar-refractivity contribution in [2.45, 2.75) is 77.0 Å². The lowest BCUT2D eigenvalue weighted by Gasteiger charge is -2.27. The van der Waals surface area contributed by atoms with Crippen molar-refractivity contribution in [3.63, 3.8) is 0 Å². The topological polar surface area (TPSA) is 50.3 Å². The Kier molecular flexibility index (Phi) is 8.31. The van der Waals surface area contributed by atoms with E-state index >= 15 is 0 Å². The van der Waals surface area contributed by atoms with Gasteiger partial charge < -0.3 is 0 Å². The zero-order valence-electron chi connectivity index (χ0n) is 22.9. The van der Waals surface area contributed by atoms with Gasteiger partial charge in [-0.1, -0.05) is 95.5 Å². The minimum Gasteiger partial charge on any atom is -0.278 e. The van der Waals surface area contributed by atoms with E-state index < -0.39 is 0 Å². The van der Waals surface area contributed by atoms with Crippen LogP contribution in [0.15, 0.2) is 79.1 Å². The van der Waals surface area contributed by atoms with Crippen LogP contribution in [0.1, 0.15) is 75.1 Å². The smallest absolute Gasteiger partial charge is 0.233 e. The molecule has 4 nitrogen and oxygen atoms in total. The van der Waals surface area contributed by atoms with Crippen molar-refractivity contribution in [2.75, 3.05) is 0 Å². The van der Waals surface area contributed by atoms with Crippen LogP contribution in [0, 0.1) is 5.92 Å². The first-order valence-electron chi connectivity index (χ1n) is 13.6. The SMILES string of the molecule is CCC(c1ccc(C(C)(C)C)cc1)C1C(=O)N(Cc2ccccc2)C(=O)C1BCC(C)c1ccncc1. The van der Waals surface area contributed by atoms with Gasteiger partial charge in [0.15, 0.2) is 0 Å². The van der Waals surface area contributed by atoms with E-state index in [0.29, 0.717) is 19.7 Å². The van der Waals surface area contributed by atoms with Crippen molar-refractivity contribution in [1.82, 2.24) is 9.88 Å². The van der Waals surface area contributed by atoms with Crippen molar-refractivity contribution in [3.8, 4) is 0 Å². The molecule has 1 saturated heterocycles. The highest BCUT2D eigenvalue weighted by atomic mass is 16.2. The average Bonchev–Trinajstić information content (AvgIpc) is 3.13. The fourth-order valence-corrected chi connectivity index (χ4v) is 5.71. The first-order valence-corrected chi connectivity index (χ1v) is 13.6. The van der Waals surface area contributed by atoms with E-state index in [1.165, 1.54) is 16.0 Å². The molecule has 192 valence electrons.